The van der Waals surface area contributed by atoms with Crippen molar-refractivity contribution in [1.29, 1.82) is 0 Å². The molecule has 21 heavy (non-hydrogen) atoms. The summed E-state index contributed by atoms with van der Waals surface area (Å²) in [5.74, 6) is -0.225. The van der Waals surface area contributed by atoms with Gasteiger partial charge in [0.1, 0.15) is 0 Å². The third-order valence-corrected chi connectivity index (χ3v) is 3.40. The molecule has 0 aliphatic heterocycles. The third kappa shape index (κ3) is 5.95. The first-order valence-corrected chi connectivity index (χ1v) is 7.20. The number of rotatable bonds is 8. The van der Waals surface area contributed by atoms with Crippen molar-refractivity contribution in [3.05, 3.63) is 35.9 Å². The van der Waals surface area contributed by atoms with Gasteiger partial charge in [-0.25, -0.2) is 4.79 Å². The van der Waals surface area contributed by atoms with Crippen molar-refractivity contribution in [2.75, 3.05) is 13.7 Å². The van der Waals surface area contributed by atoms with E-state index in [9.17, 15) is 9.59 Å². The molecule has 1 aromatic carbocycles. The van der Waals surface area contributed by atoms with Gasteiger partial charge in [0.25, 0.3) is 0 Å². The predicted molar refractivity (Wildman–Crippen MR) is 81.4 cm³/mol. The molecule has 1 aromatic rings. The van der Waals surface area contributed by atoms with Crippen LogP contribution < -0.4 is 11.1 Å². The molecule has 1 amide bonds. The van der Waals surface area contributed by atoms with Crippen LogP contribution in [0.2, 0.25) is 0 Å². The first-order valence-electron chi connectivity index (χ1n) is 7.20. The van der Waals surface area contributed by atoms with Gasteiger partial charge in [0, 0.05) is 6.42 Å². The van der Waals surface area contributed by atoms with E-state index in [0.717, 1.165) is 12.8 Å². The zero-order valence-corrected chi connectivity index (χ0v) is 12.7. The quantitative estimate of drug-likeness (QED) is 0.716. The summed E-state index contributed by atoms with van der Waals surface area (Å²) < 4.78 is 4.76. The molecule has 0 aromatic heterocycles. The number of methoxy groups -OCH3 is 1. The van der Waals surface area contributed by atoms with Crippen molar-refractivity contribution in [2.24, 2.45) is 11.7 Å². The Morgan fingerprint density at radius 2 is 1.90 bits per heavy atom. The molecular formula is C16H24N2O3. The smallest absolute Gasteiger partial charge is 0.333 e. The molecule has 5 heteroatoms. The fraction of sp³-hybridized carbons (Fsp3) is 0.500. The average Bonchev–Trinajstić information content (AvgIpc) is 2.51. The highest BCUT2D eigenvalue weighted by atomic mass is 16.5. The summed E-state index contributed by atoms with van der Waals surface area (Å²) in [4.78, 5) is 23.8. The summed E-state index contributed by atoms with van der Waals surface area (Å²) in [5.41, 5.74) is 6.20. The number of esters is 1. The lowest BCUT2D eigenvalue weighted by molar-refractivity contribution is -0.145. The number of amides is 1. The van der Waals surface area contributed by atoms with Gasteiger partial charge in [0.2, 0.25) is 5.91 Å². The fourth-order valence-corrected chi connectivity index (χ4v) is 2.08. The van der Waals surface area contributed by atoms with Crippen molar-refractivity contribution < 1.29 is 14.3 Å². The first kappa shape index (κ1) is 17.2. The molecule has 2 unspecified atom stereocenters. The molecule has 0 saturated carbocycles. The van der Waals surface area contributed by atoms with Crippen molar-refractivity contribution in [3.8, 4) is 0 Å². The van der Waals surface area contributed by atoms with Gasteiger partial charge in [-0.3, -0.25) is 4.79 Å². The van der Waals surface area contributed by atoms with Crippen molar-refractivity contribution in [2.45, 2.75) is 32.2 Å². The van der Waals surface area contributed by atoms with E-state index >= 15 is 0 Å². The van der Waals surface area contributed by atoms with Crippen LogP contribution in [0.15, 0.2) is 30.3 Å². The minimum absolute atomic E-state index is 0.155. The second kappa shape index (κ2) is 9.13. The maximum Gasteiger partial charge on any atom is 0.333 e. The minimum Gasteiger partial charge on any atom is -0.467 e. The third-order valence-electron chi connectivity index (χ3n) is 3.40. The van der Waals surface area contributed by atoms with Crippen LogP contribution in [0, 0.1) is 5.92 Å². The Kier molecular flexibility index (Phi) is 7.46. The standard InChI is InChI=1S/C16H24N2O3/c1-12(10-11-17)8-9-14(19)18-15(16(20)21-2)13-6-4-3-5-7-13/h3-7,12,15H,8-11,17H2,1-2H3,(H,18,19). The van der Waals surface area contributed by atoms with Gasteiger partial charge in [-0.15, -0.1) is 0 Å². The van der Waals surface area contributed by atoms with Crippen LogP contribution in [0.1, 0.15) is 37.8 Å². The lowest BCUT2D eigenvalue weighted by atomic mass is 10.0. The van der Waals surface area contributed by atoms with E-state index in [4.69, 9.17) is 10.5 Å². The highest BCUT2D eigenvalue weighted by Crippen LogP contribution is 2.15. The Morgan fingerprint density at radius 1 is 1.24 bits per heavy atom. The molecule has 0 saturated heterocycles. The average molecular weight is 292 g/mol. The molecule has 1 rings (SSSR count). The maximum atomic E-state index is 12.0. The predicted octanol–water partition coefficient (Wildman–Crippen LogP) is 1.78. The number of benzene rings is 1. The lowest BCUT2D eigenvalue weighted by Crippen LogP contribution is -2.34. The molecule has 5 nitrogen and oxygen atoms in total. The van der Waals surface area contributed by atoms with Gasteiger partial charge < -0.3 is 15.8 Å². The van der Waals surface area contributed by atoms with E-state index < -0.39 is 12.0 Å². The largest absolute Gasteiger partial charge is 0.467 e. The monoisotopic (exact) mass is 292 g/mol. The minimum atomic E-state index is -0.756. The summed E-state index contributed by atoms with van der Waals surface area (Å²) in [7, 11) is 1.31. The summed E-state index contributed by atoms with van der Waals surface area (Å²) in [6.45, 7) is 2.69. The lowest BCUT2D eigenvalue weighted by Gasteiger charge is -2.17. The normalized spacial score (nSPS) is 13.3. The number of hydrogen-bond donors (Lipinski definition) is 2. The van der Waals surface area contributed by atoms with Crippen LogP contribution in [0.4, 0.5) is 0 Å². The molecule has 0 fully saturated rings. The van der Waals surface area contributed by atoms with Gasteiger partial charge in [-0.05, 0) is 30.9 Å². The second-order valence-electron chi connectivity index (χ2n) is 5.16. The van der Waals surface area contributed by atoms with E-state index in [-0.39, 0.29) is 5.91 Å². The molecule has 0 radical (unpaired) electrons. The molecule has 0 bridgehead atoms. The van der Waals surface area contributed by atoms with Gasteiger partial charge in [0.15, 0.2) is 6.04 Å². The molecule has 116 valence electrons. The topological polar surface area (TPSA) is 81.4 Å². The maximum absolute atomic E-state index is 12.0. The van der Waals surface area contributed by atoms with Gasteiger partial charge >= 0.3 is 5.97 Å². The fourth-order valence-electron chi connectivity index (χ4n) is 2.08. The van der Waals surface area contributed by atoms with E-state index in [2.05, 4.69) is 12.2 Å². The van der Waals surface area contributed by atoms with Crippen LogP contribution >= 0.6 is 0 Å². The van der Waals surface area contributed by atoms with Crippen LogP contribution in [0.3, 0.4) is 0 Å². The molecular weight excluding hydrogens is 268 g/mol. The van der Waals surface area contributed by atoms with Crippen LogP contribution in [-0.4, -0.2) is 25.5 Å². The Labute approximate surface area is 125 Å². The molecule has 0 spiro atoms. The molecule has 2 atom stereocenters. The first-order chi connectivity index (χ1) is 10.1. The molecule has 0 aliphatic carbocycles. The van der Waals surface area contributed by atoms with Crippen molar-refractivity contribution >= 4 is 11.9 Å². The Morgan fingerprint density at radius 3 is 2.48 bits per heavy atom. The van der Waals surface area contributed by atoms with E-state index in [1.54, 1.807) is 12.1 Å². The molecule has 0 aliphatic rings. The summed E-state index contributed by atoms with van der Waals surface area (Å²) in [6.07, 6.45) is 2.03. The number of hydrogen-bond acceptors (Lipinski definition) is 4. The van der Waals surface area contributed by atoms with E-state index in [1.807, 2.05) is 18.2 Å². The van der Waals surface area contributed by atoms with Gasteiger partial charge in [-0.1, -0.05) is 37.3 Å². The van der Waals surface area contributed by atoms with Gasteiger partial charge in [-0.2, -0.15) is 0 Å². The number of carbonyl (C=O) groups is 2. The molecule has 0 heterocycles. The van der Waals surface area contributed by atoms with E-state index in [0.29, 0.717) is 24.4 Å². The number of carbonyl (C=O) groups excluding carboxylic acids is 2. The van der Waals surface area contributed by atoms with Gasteiger partial charge in [0.05, 0.1) is 7.11 Å². The number of nitrogens with two attached hydrogens (primary N) is 1. The number of ether oxygens (including phenoxy) is 1. The SMILES string of the molecule is COC(=O)C(NC(=O)CCC(C)CCN)c1ccccc1. The zero-order valence-electron chi connectivity index (χ0n) is 12.7. The van der Waals surface area contributed by atoms with E-state index in [1.165, 1.54) is 7.11 Å². The van der Waals surface area contributed by atoms with Crippen molar-refractivity contribution in [3.63, 3.8) is 0 Å². The Bertz CT molecular complexity index is 448. The highest BCUT2D eigenvalue weighted by Gasteiger charge is 2.23. The van der Waals surface area contributed by atoms with Crippen LogP contribution in [-0.2, 0) is 14.3 Å². The van der Waals surface area contributed by atoms with Crippen LogP contribution in [0.5, 0.6) is 0 Å². The Hall–Kier alpha value is -1.88. The second-order valence-corrected chi connectivity index (χ2v) is 5.16. The Balaban J connectivity index is 2.61. The van der Waals surface area contributed by atoms with Crippen molar-refractivity contribution in [1.82, 2.24) is 5.32 Å². The van der Waals surface area contributed by atoms with Crippen LogP contribution in [0.25, 0.3) is 0 Å². The highest BCUT2D eigenvalue weighted by molar-refractivity contribution is 5.85. The number of nitrogens with one attached hydrogen (secondary N) is 1. The summed E-state index contributed by atoms with van der Waals surface area (Å²) in [6, 6.07) is 8.32. The zero-order chi connectivity index (χ0) is 15.7. The summed E-state index contributed by atoms with van der Waals surface area (Å²) >= 11 is 0. The molecule has 3 N–H and O–H groups in total. The summed E-state index contributed by atoms with van der Waals surface area (Å²) in [5, 5.41) is 2.74.